The number of hydrogen-bond donors (Lipinski definition) is 1. The van der Waals surface area contributed by atoms with Crippen molar-refractivity contribution in [3.05, 3.63) is 76.1 Å². The van der Waals surface area contributed by atoms with Gasteiger partial charge in [-0.2, -0.15) is 0 Å². The summed E-state index contributed by atoms with van der Waals surface area (Å²) in [6.45, 7) is 2.57. The largest absolute Gasteiger partial charge is 0.347 e. The molecule has 1 aromatic heterocycles. The minimum Gasteiger partial charge on any atom is -0.347 e. The van der Waals surface area contributed by atoms with Gasteiger partial charge >= 0.3 is 0 Å². The Morgan fingerprint density at radius 3 is 2.55 bits per heavy atom. The van der Waals surface area contributed by atoms with Crippen molar-refractivity contribution in [3.8, 4) is 11.3 Å². The number of nitrogens with zero attached hydrogens (tertiary/aromatic N) is 1. The standard InChI is InChI=1S/C18H16N2OS/c1-13-7-9-14(10-8-13)11-19-18(21)17-16(20-12-22-17)15-5-3-2-4-6-15/h2-10,12H,11H2,1H3,(H,19,21). The predicted octanol–water partition coefficient (Wildman–Crippen LogP) is 4.05. The van der Waals surface area contributed by atoms with Crippen LogP contribution in [0.25, 0.3) is 11.3 Å². The smallest absolute Gasteiger partial charge is 0.263 e. The van der Waals surface area contributed by atoms with Crippen molar-refractivity contribution < 1.29 is 4.79 Å². The Balaban J connectivity index is 1.73. The molecule has 1 N–H and O–H groups in total. The third kappa shape index (κ3) is 3.23. The SMILES string of the molecule is Cc1ccc(CNC(=O)c2scnc2-c2ccccc2)cc1. The lowest BCUT2D eigenvalue weighted by atomic mass is 10.1. The average Bonchev–Trinajstić information content (AvgIpc) is 3.04. The molecule has 0 saturated heterocycles. The van der Waals surface area contributed by atoms with Gasteiger partial charge in [0.15, 0.2) is 0 Å². The molecule has 2 aromatic carbocycles. The second-order valence-electron chi connectivity index (χ2n) is 5.06. The molecule has 4 heteroatoms. The molecule has 0 unspecified atom stereocenters. The normalized spacial score (nSPS) is 10.4. The van der Waals surface area contributed by atoms with Crippen LogP contribution in [0.1, 0.15) is 20.8 Å². The minimum absolute atomic E-state index is 0.0815. The number of rotatable bonds is 4. The first-order valence-electron chi connectivity index (χ1n) is 7.06. The Labute approximate surface area is 133 Å². The zero-order valence-corrected chi connectivity index (χ0v) is 13.1. The van der Waals surface area contributed by atoms with Gasteiger partial charge in [-0.3, -0.25) is 4.79 Å². The summed E-state index contributed by atoms with van der Waals surface area (Å²) in [5, 5.41) is 2.96. The van der Waals surface area contributed by atoms with E-state index in [1.165, 1.54) is 16.9 Å². The van der Waals surface area contributed by atoms with Crippen LogP contribution in [0.4, 0.5) is 0 Å². The van der Waals surface area contributed by atoms with E-state index in [4.69, 9.17) is 0 Å². The van der Waals surface area contributed by atoms with Crippen LogP contribution in [0.15, 0.2) is 60.1 Å². The van der Waals surface area contributed by atoms with Crippen LogP contribution < -0.4 is 5.32 Å². The van der Waals surface area contributed by atoms with Crippen molar-refractivity contribution in [3.63, 3.8) is 0 Å². The number of aromatic nitrogens is 1. The maximum atomic E-state index is 12.4. The van der Waals surface area contributed by atoms with Gasteiger partial charge in [0, 0.05) is 12.1 Å². The highest BCUT2D eigenvalue weighted by atomic mass is 32.1. The summed E-state index contributed by atoms with van der Waals surface area (Å²) in [5.41, 5.74) is 5.72. The molecule has 0 aliphatic rings. The quantitative estimate of drug-likeness (QED) is 0.790. The summed E-state index contributed by atoms with van der Waals surface area (Å²) in [6, 6.07) is 17.9. The molecule has 110 valence electrons. The molecule has 1 amide bonds. The van der Waals surface area contributed by atoms with Gasteiger partial charge in [-0.25, -0.2) is 4.98 Å². The van der Waals surface area contributed by atoms with E-state index in [0.29, 0.717) is 11.4 Å². The number of hydrogen-bond acceptors (Lipinski definition) is 3. The van der Waals surface area contributed by atoms with Crippen LogP contribution in [0.2, 0.25) is 0 Å². The molecule has 0 atom stereocenters. The van der Waals surface area contributed by atoms with Crippen LogP contribution in [0.3, 0.4) is 0 Å². The Kier molecular flexibility index (Phi) is 4.30. The first kappa shape index (κ1) is 14.5. The van der Waals surface area contributed by atoms with E-state index >= 15 is 0 Å². The second kappa shape index (κ2) is 6.54. The lowest BCUT2D eigenvalue weighted by molar-refractivity contribution is 0.0955. The zero-order valence-electron chi connectivity index (χ0n) is 12.2. The van der Waals surface area contributed by atoms with Crippen molar-refractivity contribution in [1.82, 2.24) is 10.3 Å². The first-order chi connectivity index (χ1) is 10.7. The van der Waals surface area contributed by atoms with Crippen molar-refractivity contribution in [2.24, 2.45) is 0 Å². The lowest BCUT2D eigenvalue weighted by Gasteiger charge is -2.06. The van der Waals surface area contributed by atoms with Crippen molar-refractivity contribution in [2.75, 3.05) is 0 Å². The van der Waals surface area contributed by atoms with E-state index < -0.39 is 0 Å². The zero-order chi connectivity index (χ0) is 15.4. The van der Waals surface area contributed by atoms with Crippen molar-refractivity contribution in [1.29, 1.82) is 0 Å². The van der Waals surface area contributed by atoms with Crippen LogP contribution in [0.5, 0.6) is 0 Å². The average molecular weight is 308 g/mol. The number of carbonyl (C=O) groups is 1. The van der Waals surface area contributed by atoms with E-state index in [-0.39, 0.29) is 5.91 Å². The fraction of sp³-hybridized carbons (Fsp3) is 0.111. The summed E-state index contributed by atoms with van der Waals surface area (Å²) >= 11 is 1.37. The maximum Gasteiger partial charge on any atom is 0.263 e. The van der Waals surface area contributed by atoms with E-state index in [1.807, 2.05) is 61.5 Å². The van der Waals surface area contributed by atoms with Crippen LogP contribution >= 0.6 is 11.3 Å². The molecule has 0 fully saturated rings. The highest BCUT2D eigenvalue weighted by Crippen LogP contribution is 2.25. The topological polar surface area (TPSA) is 42.0 Å². The Morgan fingerprint density at radius 2 is 1.82 bits per heavy atom. The molecule has 0 radical (unpaired) electrons. The first-order valence-corrected chi connectivity index (χ1v) is 7.94. The lowest BCUT2D eigenvalue weighted by Crippen LogP contribution is -2.22. The fourth-order valence-electron chi connectivity index (χ4n) is 2.18. The Hall–Kier alpha value is -2.46. The molecular formula is C18H16N2OS. The molecule has 0 aliphatic carbocycles. The molecule has 0 bridgehead atoms. The Morgan fingerprint density at radius 1 is 1.09 bits per heavy atom. The third-order valence-corrected chi connectivity index (χ3v) is 4.22. The van der Waals surface area contributed by atoms with E-state index in [1.54, 1.807) is 5.51 Å². The molecule has 22 heavy (non-hydrogen) atoms. The predicted molar refractivity (Wildman–Crippen MR) is 89.9 cm³/mol. The van der Waals surface area contributed by atoms with Crippen LogP contribution in [-0.2, 0) is 6.54 Å². The number of benzene rings is 2. The fourth-order valence-corrected chi connectivity index (χ4v) is 2.90. The number of nitrogens with one attached hydrogen (secondary N) is 1. The number of aryl methyl sites for hydroxylation is 1. The Bertz CT molecular complexity index is 763. The summed E-state index contributed by atoms with van der Waals surface area (Å²) in [7, 11) is 0. The van der Waals surface area contributed by atoms with Gasteiger partial charge < -0.3 is 5.32 Å². The van der Waals surface area contributed by atoms with Crippen LogP contribution in [0, 0.1) is 6.92 Å². The van der Waals surface area contributed by atoms with Crippen molar-refractivity contribution in [2.45, 2.75) is 13.5 Å². The summed E-state index contributed by atoms with van der Waals surface area (Å²) < 4.78 is 0. The van der Waals surface area contributed by atoms with Gasteiger partial charge in [0.25, 0.3) is 5.91 Å². The van der Waals surface area contributed by atoms with Gasteiger partial charge in [0.2, 0.25) is 0 Å². The number of carbonyl (C=O) groups excluding carboxylic acids is 1. The third-order valence-electron chi connectivity index (χ3n) is 3.39. The van der Waals surface area contributed by atoms with Crippen LogP contribution in [-0.4, -0.2) is 10.9 Å². The molecule has 0 aliphatic heterocycles. The molecule has 1 heterocycles. The van der Waals surface area contributed by atoms with Crippen molar-refractivity contribution >= 4 is 17.2 Å². The maximum absolute atomic E-state index is 12.4. The van der Waals surface area contributed by atoms with E-state index in [2.05, 4.69) is 10.3 Å². The molecule has 3 aromatic rings. The summed E-state index contributed by atoms with van der Waals surface area (Å²) in [4.78, 5) is 17.4. The monoisotopic (exact) mass is 308 g/mol. The van der Waals surface area contributed by atoms with Gasteiger partial charge in [0.1, 0.15) is 4.88 Å². The number of thiazole rings is 1. The molecule has 0 saturated carbocycles. The highest BCUT2D eigenvalue weighted by molar-refractivity contribution is 7.12. The minimum atomic E-state index is -0.0815. The second-order valence-corrected chi connectivity index (χ2v) is 5.92. The molecule has 3 rings (SSSR count). The van der Waals surface area contributed by atoms with Gasteiger partial charge in [0.05, 0.1) is 11.2 Å². The summed E-state index contributed by atoms with van der Waals surface area (Å²) in [6.07, 6.45) is 0. The van der Waals surface area contributed by atoms with Gasteiger partial charge in [-0.1, -0.05) is 60.2 Å². The van der Waals surface area contributed by atoms with Gasteiger partial charge in [-0.05, 0) is 12.5 Å². The molecule has 0 spiro atoms. The number of amides is 1. The van der Waals surface area contributed by atoms with E-state index in [0.717, 1.165) is 16.8 Å². The highest BCUT2D eigenvalue weighted by Gasteiger charge is 2.15. The summed E-state index contributed by atoms with van der Waals surface area (Å²) in [5.74, 6) is -0.0815. The molecule has 3 nitrogen and oxygen atoms in total. The van der Waals surface area contributed by atoms with Gasteiger partial charge in [-0.15, -0.1) is 11.3 Å². The van der Waals surface area contributed by atoms with E-state index in [9.17, 15) is 4.79 Å². The molecular weight excluding hydrogens is 292 g/mol.